The normalized spacial score (nSPS) is 8.64. The van der Waals surface area contributed by atoms with Gasteiger partial charge in [0.1, 0.15) is 0 Å². The maximum absolute atomic E-state index is 10.1. The van der Waals surface area contributed by atoms with Gasteiger partial charge in [-0.25, -0.2) is 4.79 Å². The van der Waals surface area contributed by atoms with E-state index in [1.54, 1.807) is 0 Å². The topological polar surface area (TPSA) is 49.3 Å². The highest BCUT2D eigenvalue weighted by Gasteiger charge is 1.90. The Bertz CT molecular complexity index is 393. The Balaban J connectivity index is 2.47. The van der Waals surface area contributed by atoms with Crippen molar-refractivity contribution in [3.8, 4) is 11.8 Å². The zero-order valence-electron chi connectivity index (χ0n) is 7.25. The lowest BCUT2D eigenvalue weighted by Crippen LogP contribution is -1.99. The number of hydrogen-bond acceptors (Lipinski definition) is 2. The van der Waals surface area contributed by atoms with Crippen molar-refractivity contribution in [3.63, 3.8) is 0 Å². The molecule has 1 aromatic carbocycles. The van der Waals surface area contributed by atoms with Crippen molar-refractivity contribution >= 4 is 27.6 Å². The van der Waals surface area contributed by atoms with E-state index in [2.05, 4.69) is 27.2 Å². The number of carboxylic acids is 1. The van der Waals surface area contributed by atoms with E-state index in [9.17, 15) is 4.79 Å². The molecule has 0 amide bonds. The van der Waals surface area contributed by atoms with Crippen LogP contribution in [0.15, 0.2) is 28.7 Å². The second kappa shape index (κ2) is 5.30. The fraction of sp³-hybridized carbons (Fsp3) is 0.100. The van der Waals surface area contributed by atoms with Crippen molar-refractivity contribution in [2.45, 2.75) is 0 Å². The molecule has 0 atom stereocenters. The first kappa shape index (κ1) is 10.6. The van der Waals surface area contributed by atoms with E-state index in [0.717, 1.165) is 10.2 Å². The van der Waals surface area contributed by atoms with Crippen LogP contribution in [0.5, 0.6) is 0 Å². The van der Waals surface area contributed by atoms with Gasteiger partial charge in [0.25, 0.3) is 0 Å². The highest BCUT2D eigenvalue weighted by atomic mass is 79.9. The van der Waals surface area contributed by atoms with Gasteiger partial charge >= 0.3 is 5.97 Å². The molecule has 14 heavy (non-hydrogen) atoms. The van der Waals surface area contributed by atoms with Gasteiger partial charge in [-0.1, -0.05) is 27.9 Å². The molecule has 0 aromatic heterocycles. The molecule has 0 saturated carbocycles. The summed E-state index contributed by atoms with van der Waals surface area (Å²) >= 11 is 3.32. The number of hydrogen-bond donors (Lipinski definition) is 2. The Hall–Kier alpha value is -1.47. The van der Waals surface area contributed by atoms with Crippen LogP contribution >= 0.6 is 15.9 Å². The second-order valence-corrected chi connectivity index (χ2v) is 3.39. The molecular weight excluding hydrogens is 246 g/mol. The molecule has 3 nitrogen and oxygen atoms in total. The molecule has 1 rings (SSSR count). The highest BCUT2D eigenvalue weighted by Crippen LogP contribution is 2.14. The van der Waals surface area contributed by atoms with Crippen LogP contribution in [0.4, 0.5) is 5.69 Å². The Morgan fingerprint density at radius 2 is 2.36 bits per heavy atom. The van der Waals surface area contributed by atoms with E-state index in [1.165, 1.54) is 0 Å². The minimum absolute atomic E-state index is 0.322. The number of aliphatic carboxylic acids is 1. The third kappa shape index (κ3) is 3.97. The van der Waals surface area contributed by atoms with E-state index in [0.29, 0.717) is 6.54 Å². The molecule has 2 N–H and O–H groups in total. The van der Waals surface area contributed by atoms with Crippen LogP contribution in [0, 0.1) is 11.8 Å². The van der Waals surface area contributed by atoms with Gasteiger partial charge in [-0.3, -0.25) is 0 Å². The van der Waals surface area contributed by atoms with Crippen LogP contribution in [-0.2, 0) is 4.79 Å². The molecule has 72 valence electrons. The third-order valence-electron chi connectivity index (χ3n) is 1.40. The molecule has 0 radical (unpaired) electrons. The van der Waals surface area contributed by atoms with E-state index in [-0.39, 0.29) is 0 Å². The average Bonchev–Trinajstić information content (AvgIpc) is 2.12. The summed E-state index contributed by atoms with van der Waals surface area (Å²) in [5.41, 5.74) is 0.902. The molecule has 0 bridgehead atoms. The lowest BCUT2D eigenvalue weighted by atomic mass is 10.3. The smallest absolute Gasteiger partial charge is 0.381 e. The summed E-state index contributed by atoms with van der Waals surface area (Å²) < 4.78 is 0.966. The van der Waals surface area contributed by atoms with Gasteiger partial charge in [-0.15, -0.1) is 0 Å². The van der Waals surface area contributed by atoms with Gasteiger partial charge in [0.15, 0.2) is 0 Å². The number of carbonyl (C=O) groups is 1. The SMILES string of the molecule is O=C(O)C#CCNc1cccc(Br)c1. The largest absolute Gasteiger partial charge is 0.472 e. The first-order valence-electron chi connectivity index (χ1n) is 3.90. The number of anilines is 1. The van der Waals surface area contributed by atoms with Gasteiger partial charge in [0, 0.05) is 16.1 Å². The fourth-order valence-corrected chi connectivity index (χ4v) is 1.26. The molecule has 0 spiro atoms. The Labute approximate surface area is 90.3 Å². The number of halogens is 1. The molecule has 0 saturated heterocycles. The summed E-state index contributed by atoms with van der Waals surface area (Å²) in [6.07, 6.45) is 0. The van der Waals surface area contributed by atoms with E-state index in [4.69, 9.17) is 5.11 Å². The van der Waals surface area contributed by atoms with Crippen molar-refractivity contribution in [1.29, 1.82) is 0 Å². The van der Waals surface area contributed by atoms with Crippen molar-refractivity contribution in [1.82, 2.24) is 0 Å². The van der Waals surface area contributed by atoms with E-state index in [1.807, 2.05) is 30.2 Å². The zero-order valence-corrected chi connectivity index (χ0v) is 8.84. The summed E-state index contributed by atoms with van der Waals surface area (Å²) in [5, 5.41) is 11.2. The van der Waals surface area contributed by atoms with Crippen LogP contribution in [0.3, 0.4) is 0 Å². The minimum atomic E-state index is -1.11. The van der Waals surface area contributed by atoms with Crippen LogP contribution in [-0.4, -0.2) is 17.6 Å². The standard InChI is InChI=1S/C10H8BrNO2/c11-8-3-1-4-9(7-8)12-6-2-5-10(13)14/h1,3-4,7,12H,6H2,(H,13,14). The molecule has 4 heteroatoms. The molecule has 0 heterocycles. The number of carboxylic acid groups (broad SMARTS) is 1. The predicted octanol–water partition coefficient (Wildman–Crippen LogP) is 1.95. The zero-order chi connectivity index (χ0) is 10.4. The monoisotopic (exact) mass is 253 g/mol. The maximum atomic E-state index is 10.1. The van der Waals surface area contributed by atoms with Crippen LogP contribution in [0.2, 0.25) is 0 Å². The molecule has 0 aliphatic rings. The third-order valence-corrected chi connectivity index (χ3v) is 1.89. The number of nitrogens with one attached hydrogen (secondary N) is 1. The van der Waals surface area contributed by atoms with Crippen molar-refractivity contribution < 1.29 is 9.90 Å². The van der Waals surface area contributed by atoms with E-state index < -0.39 is 5.97 Å². The van der Waals surface area contributed by atoms with E-state index >= 15 is 0 Å². The molecule has 1 aromatic rings. The number of benzene rings is 1. The van der Waals surface area contributed by atoms with Gasteiger partial charge in [0.05, 0.1) is 6.54 Å². The fourth-order valence-electron chi connectivity index (χ4n) is 0.865. The summed E-state index contributed by atoms with van der Waals surface area (Å²) in [7, 11) is 0. The Kier molecular flexibility index (Phi) is 4.02. The van der Waals surface area contributed by atoms with Crippen molar-refractivity contribution in [3.05, 3.63) is 28.7 Å². The van der Waals surface area contributed by atoms with Gasteiger partial charge in [0.2, 0.25) is 0 Å². The summed E-state index contributed by atoms with van der Waals surface area (Å²) in [6.45, 7) is 0.322. The average molecular weight is 254 g/mol. The summed E-state index contributed by atoms with van der Waals surface area (Å²) in [5.74, 6) is 3.39. The predicted molar refractivity (Wildman–Crippen MR) is 58.0 cm³/mol. The highest BCUT2D eigenvalue weighted by molar-refractivity contribution is 9.10. The van der Waals surface area contributed by atoms with Gasteiger partial charge in [-0.2, -0.15) is 0 Å². The molecule has 0 unspecified atom stereocenters. The summed E-state index contributed by atoms with van der Waals surface area (Å²) in [6, 6.07) is 7.57. The molecule has 0 aliphatic carbocycles. The maximum Gasteiger partial charge on any atom is 0.381 e. The molecule has 0 fully saturated rings. The van der Waals surface area contributed by atoms with Crippen LogP contribution < -0.4 is 5.32 Å². The minimum Gasteiger partial charge on any atom is -0.472 e. The van der Waals surface area contributed by atoms with Crippen LogP contribution in [0.25, 0.3) is 0 Å². The van der Waals surface area contributed by atoms with Crippen LogP contribution in [0.1, 0.15) is 0 Å². The van der Waals surface area contributed by atoms with Crippen molar-refractivity contribution in [2.75, 3.05) is 11.9 Å². The van der Waals surface area contributed by atoms with Crippen molar-refractivity contribution in [2.24, 2.45) is 0 Å². The van der Waals surface area contributed by atoms with Gasteiger partial charge in [-0.05, 0) is 18.2 Å². The Morgan fingerprint density at radius 3 is 3.00 bits per heavy atom. The Morgan fingerprint density at radius 1 is 1.57 bits per heavy atom. The number of rotatable bonds is 2. The quantitative estimate of drug-likeness (QED) is 0.793. The first-order chi connectivity index (χ1) is 6.68. The molecule has 0 aliphatic heterocycles. The summed E-state index contributed by atoms with van der Waals surface area (Å²) in [4.78, 5) is 10.1. The second-order valence-electron chi connectivity index (χ2n) is 2.47. The lowest BCUT2D eigenvalue weighted by Gasteiger charge is -2.01. The molecular formula is C10H8BrNO2. The first-order valence-corrected chi connectivity index (χ1v) is 4.69. The lowest BCUT2D eigenvalue weighted by molar-refractivity contribution is -0.130. The van der Waals surface area contributed by atoms with Gasteiger partial charge < -0.3 is 10.4 Å².